The van der Waals surface area contributed by atoms with Crippen LogP contribution in [0, 0.1) is 0 Å². The molecule has 170 valence electrons. The maximum Gasteiger partial charge on any atom is 0.419 e. The predicted molar refractivity (Wildman–Crippen MR) is 117 cm³/mol. The first-order valence-corrected chi connectivity index (χ1v) is 12.1. The van der Waals surface area contributed by atoms with Gasteiger partial charge in [-0.1, -0.05) is 0 Å². The second-order valence-corrected chi connectivity index (χ2v) is 10.4. The summed E-state index contributed by atoms with van der Waals surface area (Å²) in [7, 11) is -0.900. The van der Waals surface area contributed by atoms with Crippen LogP contribution in [0.4, 0.5) is 18.9 Å². The Labute approximate surface area is 195 Å². The minimum Gasteiger partial charge on any atom is -0.496 e. The molecule has 2 aromatic carbocycles. The number of hydrogen-bond donors (Lipinski definition) is 1. The summed E-state index contributed by atoms with van der Waals surface area (Å²) in [4.78, 5) is 1.82. The molecule has 0 bridgehead atoms. The molecule has 1 N–H and O–H groups in total. The Balaban J connectivity index is 1.95. The van der Waals surface area contributed by atoms with Gasteiger partial charge in [0.15, 0.2) is 0 Å². The number of alkyl halides is 3. The highest BCUT2D eigenvalue weighted by atomic mass is 79.9. The van der Waals surface area contributed by atoms with Gasteiger partial charge in [-0.15, -0.1) is 0 Å². The van der Waals surface area contributed by atoms with E-state index in [4.69, 9.17) is 9.47 Å². The molecule has 3 rings (SSSR count). The highest BCUT2D eigenvalue weighted by Crippen LogP contribution is 2.40. The van der Waals surface area contributed by atoms with Crippen molar-refractivity contribution in [2.75, 3.05) is 32.0 Å². The van der Waals surface area contributed by atoms with E-state index in [9.17, 15) is 21.6 Å². The number of sulfonamides is 1. The lowest BCUT2D eigenvalue weighted by Gasteiger charge is -2.20. The topological polar surface area (TPSA) is 67.9 Å². The van der Waals surface area contributed by atoms with Crippen LogP contribution in [0.25, 0.3) is 0 Å². The van der Waals surface area contributed by atoms with E-state index in [1.165, 1.54) is 19.2 Å². The van der Waals surface area contributed by atoms with Gasteiger partial charge in [-0.25, -0.2) is 8.42 Å². The Morgan fingerprint density at radius 1 is 1.13 bits per heavy atom. The summed E-state index contributed by atoms with van der Waals surface area (Å²) in [5.74, 6) is -0.133. The van der Waals surface area contributed by atoms with E-state index in [1.807, 2.05) is 11.9 Å². The number of likely N-dealkylation sites (tertiary alicyclic amines) is 1. The zero-order valence-corrected chi connectivity index (χ0v) is 20.5. The average molecular weight is 588 g/mol. The fourth-order valence-electron chi connectivity index (χ4n) is 3.17. The molecule has 0 aromatic heterocycles. The van der Waals surface area contributed by atoms with Gasteiger partial charge in [-0.3, -0.25) is 4.72 Å². The fraction of sp³-hybridized carbons (Fsp3) is 0.368. The number of hydrogen-bond acceptors (Lipinski definition) is 5. The van der Waals surface area contributed by atoms with Crippen LogP contribution < -0.4 is 14.2 Å². The maximum atomic E-state index is 13.5. The Hall–Kier alpha value is -1.50. The number of methoxy groups -OCH3 is 1. The summed E-state index contributed by atoms with van der Waals surface area (Å²) in [6.07, 6.45) is -4.47. The lowest BCUT2D eigenvalue weighted by Crippen LogP contribution is -2.23. The van der Waals surface area contributed by atoms with E-state index in [1.54, 1.807) is 0 Å². The van der Waals surface area contributed by atoms with Gasteiger partial charge in [0.25, 0.3) is 10.0 Å². The van der Waals surface area contributed by atoms with Crippen LogP contribution in [0.3, 0.4) is 0 Å². The molecular weight excluding hydrogens is 569 g/mol. The number of benzene rings is 2. The van der Waals surface area contributed by atoms with Crippen LogP contribution in [-0.2, 0) is 16.2 Å². The third-order valence-electron chi connectivity index (χ3n) is 4.68. The largest absolute Gasteiger partial charge is 0.496 e. The highest BCUT2D eigenvalue weighted by Gasteiger charge is 2.36. The smallest absolute Gasteiger partial charge is 0.419 e. The van der Waals surface area contributed by atoms with E-state index in [0.717, 1.165) is 18.2 Å². The Morgan fingerprint density at radius 2 is 1.84 bits per heavy atom. The Bertz CT molecular complexity index is 1080. The minimum atomic E-state index is -4.64. The van der Waals surface area contributed by atoms with Gasteiger partial charge in [-0.05, 0) is 63.5 Å². The van der Waals surface area contributed by atoms with Crippen LogP contribution in [-0.4, -0.2) is 46.7 Å². The Morgan fingerprint density at radius 3 is 2.42 bits per heavy atom. The molecule has 2 aromatic rings. The third kappa shape index (κ3) is 5.65. The Kier molecular flexibility index (Phi) is 7.14. The maximum absolute atomic E-state index is 13.5. The second kappa shape index (κ2) is 9.16. The van der Waals surface area contributed by atoms with Crippen LogP contribution >= 0.6 is 31.9 Å². The van der Waals surface area contributed by atoms with Gasteiger partial charge in [0.2, 0.25) is 0 Å². The van der Waals surface area contributed by atoms with E-state index in [0.29, 0.717) is 24.0 Å². The van der Waals surface area contributed by atoms with E-state index in [-0.39, 0.29) is 20.8 Å². The van der Waals surface area contributed by atoms with Crippen LogP contribution in [0.2, 0.25) is 0 Å². The molecule has 1 fully saturated rings. The minimum absolute atomic E-state index is 0.0527. The van der Waals surface area contributed by atoms with E-state index < -0.39 is 33.6 Å². The molecule has 1 aliphatic rings. The third-order valence-corrected chi connectivity index (χ3v) is 7.64. The first kappa shape index (κ1) is 24.1. The average Bonchev–Trinajstić information content (AvgIpc) is 3.05. The zero-order chi connectivity index (χ0) is 23.0. The summed E-state index contributed by atoms with van der Waals surface area (Å²) < 4.78 is 80.0. The van der Waals surface area contributed by atoms with Crippen molar-refractivity contribution < 1.29 is 31.1 Å². The predicted octanol–water partition coefficient (Wildman–Crippen LogP) is 5.12. The molecule has 0 saturated carbocycles. The summed E-state index contributed by atoms with van der Waals surface area (Å²) in [6, 6.07) is 5.72. The van der Waals surface area contributed by atoms with Gasteiger partial charge < -0.3 is 14.4 Å². The summed E-state index contributed by atoms with van der Waals surface area (Å²) >= 11 is 6.45. The summed E-state index contributed by atoms with van der Waals surface area (Å²) in [5, 5.41) is 0. The van der Waals surface area contributed by atoms with Crippen molar-refractivity contribution in [2.24, 2.45) is 0 Å². The number of nitrogens with one attached hydrogen (secondary N) is 1. The van der Waals surface area contributed by atoms with Crippen molar-refractivity contribution in [1.82, 2.24) is 4.90 Å². The monoisotopic (exact) mass is 586 g/mol. The van der Waals surface area contributed by atoms with Crippen molar-refractivity contribution in [3.63, 3.8) is 0 Å². The van der Waals surface area contributed by atoms with E-state index in [2.05, 4.69) is 36.6 Å². The van der Waals surface area contributed by atoms with Gasteiger partial charge >= 0.3 is 6.18 Å². The lowest BCUT2D eigenvalue weighted by atomic mass is 10.1. The molecule has 1 saturated heterocycles. The molecule has 31 heavy (non-hydrogen) atoms. The molecule has 1 heterocycles. The number of rotatable bonds is 6. The van der Waals surface area contributed by atoms with Crippen LogP contribution in [0.1, 0.15) is 12.0 Å². The summed E-state index contributed by atoms with van der Waals surface area (Å²) in [5.41, 5.74) is -1.01. The summed E-state index contributed by atoms with van der Waals surface area (Å²) in [6.45, 7) is 1.19. The molecular formula is C19H19Br2F3N2O4S. The molecule has 0 amide bonds. The highest BCUT2D eigenvalue weighted by molar-refractivity contribution is 9.11. The van der Waals surface area contributed by atoms with Crippen molar-refractivity contribution >= 4 is 47.6 Å². The molecule has 6 nitrogen and oxygen atoms in total. The first-order valence-electron chi connectivity index (χ1n) is 9.03. The number of anilines is 1. The number of halogens is 5. The number of nitrogens with zero attached hydrogens (tertiary/aromatic N) is 1. The van der Waals surface area contributed by atoms with Crippen LogP contribution in [0.5, 0.6) is 11.5 Å². The van der Waals surface area contributed by atoms with Gasteiger partial charge in [0, 0.05) is 29.7 Å². The molecule has 1 atom stereocenters. The van der Waals surface area contributed by atoms with E-state index >= 15 is 0 Å². The standard InChI is InChI=1S/C19H19Br2F3N2O4S/c1-26-6-5-12(10-26)30-16-7-11(3-4-13(16)19(22,23)24)25-31(27,28)18-9-17(29-2)14(20)8-15(18)21/h3-4,7-9,12,25H,5-6,10H2,1-2H3/t12-/m1/s1. The van der Waals surface area contributed by atoms with Gasteiger partial charge in [-0.2, -0.15) is 13.2 Å². The van der Waals surface area contributed by atoms with Gasteiger partial charge in [0.1, 0.15) is 22.5 Å². The lowest BCUT2D eigenvalue weighted by molar-refractivity contribution is -0.139. The fourth-order valence-corrected chi connectivity index (χ4v) is 6.09. The van der Waals surface area contributed by atoms with Gasteiger partial charge in [0.05, 0.1) is 22.8 Å². The number of likely N-dealkylation sites (N-methyl/N-ethyl adjacent to an activating group) is 1. The second-order valence-electron chi connectivity index (χ2n) is 7.02. The molecule has 0 spiro atoms. The molecule has 0 aliphatic carbocycles. The normalized spacial score (nSPS) is 17.6. The molecule has 1 aliphatic heterocycles. The quantitative estimate of drug-likeness (QED) is 0.508. The van der Waals surface area contributed by atoms with Crippen molar-refractivity contribution in [3.05, 3.63) is 44.8 Å². The number of ether oxygens (including phenoxy) is 2. The molecule has 12 heteroatoms. The molecule has 0 radical (unpaired) electrons. The first-order chi connectivity index (χ1) is 14.4. The van der Waals surface area contributed by atoms with Crippen molar-refractivity contribution in [1.29, 1.82) is 0 Å². The zero-order valence-electron chi connectivity index (χ0n) is 16.5. The van der Waals surface area contributed by atoms with Crippen molar-refractivity contribution in [2.45, 2.75) is 23.6 Å². The molecule has 0 unspecified atom stereocenters. The van der Waals surface area contributed by atoms with Crippen LogP contribution in [0.15, 0.2) is 44.2 Å². The van der Waals surface area contributed by atoms with Crippen molar-refractivity contribution in [3.8, 4) is 11.5 Å². The SMILES string of the molecule is COc1cc(S(=O)(=O)Nc2ccc(C(F)(F)F)c(O[C@@H]3CCN(C)C3)c2)c(Br)cc1Br.